The maximum atomic E-state index is 13.2. The Morgan fingerprint density at radius 2 is 1.69 bits per heavy atom. The van der Waals surface area contributed by atoms with Gasteiger partial charge < -0.3 is 14.6 Å². The molecule has 0 unspecified atom stereocenters. The highest BCUT2D eigenvalue weighted by Gasteiger charge is 2.50. The van der Waals surface area contributed by atoms with Gasteiger partial charge >= 0.3 is 0 Å². The van der Waals surface area contributed by atoms with Crippen LogP contribution in [0.25, 0.3) is 11.1 Å². The van der Waals surface area contributed by atoms with Crippen LogP contribution in [0.5, 0.6) is 11.5 Å². The molecule has 2 aliphatic rings. The molecule has 0 atom stereocenters. The summed E-state index contributed by atoms with van der Waals surface area (Å²) < 4.78 is 10.9. The first-order chi connectivity index (χ1) is 14.2. The van der Waals surface area contributed by atoms with Crippen molar-refractivity contribution >= 4 is 5.78 Å². The molecule has 148 valence electrons. The van der Waals surface area contributed by atoms with Gasteiger partial charge in [-0.25, -0.2) is 0 Å². The number of hydrogen-bond acceptors (Lipinski definition) is 4. The summed E-state index contributed by atoms with van der Waals surface area (Å²) in [5, 5.41) is 9.22. The van der Waals surface area contributed by atoms with Crippen molar-refractivity contribution in [3.8, 4) is 22.6 Å². The van der Waals surface area contributed by atoms with Gasteiger partial charge in [-0.15, -0.1) is 0 Å². The Balaban J connectivity index is 0.00000218. The molecule has 0 amide bonds. The molecule has 1 heterocycles. The molecule has 0 bridgehead atoms. The maximum absolute atomic E-state index is 13.2. The highest BCUT2D eigenvalue weighted by atomic mass is 16.7. The van der Waals surface area contributed by atoms with Gasteiger partial charge in [0.1, 0.15) is 5.78 Å². The van der Waals surface area contributed by atoms with E-state index in [1.54, 1.807) is 0 Å². The van der Waals surface area contributed by atoms with E-state index in [-0.39, 0.29) is 26.0 Å². The first-order valence-corrected chi connectivity index (χ1v) is 9.90. The number of hydrogen-bond donors (Lipinski definition) is 1. The number of carbonyl (C=O) groups is 1. The maximum Gasteiger partial charge on any atom is 0.231 e. The van der Waals surface area contributed by atoms with Crippen LogP contribution in [0.3, 0.4) is 0 Å². The standard InChI is InChI=1S/C25H22O4.H2/c26-15-17-4-6-19(7-5-17)20-3-1-2-18(12-20)13-24(27)25(10-11-25)21-8-9-22-23(14-21)29-16-28-22;/h1-9,12,14,26H,10-11,13,15-16H2;1H. The van der Waals surface area contributed by atoms with Gasteiger partial charge in [0, 0.05) is 7.85 Å². The quantitative estimate of drug-likeness (QED) is 0.667. The van der Waals surface area contributed by atoms with E-state index in [1.165, 1.54) is 0 Å². The lowest BCUT2D eigenvalue weighted by molar-refractivity contribution is -0.120. The Hall–Kier alpha value is -3.11. The number of aliphatic hydroxyl groups is 1. The van der Waals surface area contributed by atoms with E-state index in [1.807, 2.05) is 60.7 Å². The van der Waals surface area contributed by atoms with E-state index >= 15 is 0 Å². The molecule has 1 aliphatic carbocycles. The Kier molecular flexibility index (Phi) is 4.36. The van der Waals surface area contributed by atoms with Crippen LogP contribution in [0.4, 0.5) is 0 Å². The van der Waals surface area contributed by atoms with Gasteiger partial charge in [-0.2, -0.15) is 0 Å². The Morgan fingerprint density at radius 3 is 2.45 bits per heavy atom. The SMILES string of the molecule is O=C(Cc1cccc(-c2ccc(CO)cc2)c1)C1(c2ccc3c(c2)OCO3)CC1.[HH]. The van der Waals surface area contributed by atoms with E-state index in [0.717, 1.165) is 52.2 Å². The molecular formula is C25H24O4. The second kappa shape index (κ2) is 7.05. The van der Waals surface area contributed by atoms with Crippen molar-refractivity contribution in [2.75, 3.05) is 6.79 Å². The number of ketones is 1. The van der Waals surface area contributed by atoms with E-state index in [9.17, 15) is 9.90 Å². The van der Waals surface area contributed by atoms with Gasteiger partial charge in [-0.1, -0.05) is 54.6 Å². The number of fused-ring (bicyclic) bond motifs is 1. The Bertz CT molecular complexity index is 1070. The van der Waals surface area contributed by atoms with E-state index in [2.05, 4.69) is 6.07 Å². The monoisotopic (exact) mass is 388 g/mol. The minimum atomic E-state index is -0.389. The zero-order valence-electron chi connectivity index (χ0n) is 16.1. The zero-order chi connectivity index (χ0) is 19.8. The van der Waals surface area contributed by atoms with Crippen LogP contribution in [-0.4, -0.2) is 17.7 Å². The van der Waals surface area contributed by atoms with Crippen LogP contribution >= 0.6 is 0 Å². The van der Waals surface area contributed by atoms with Gasteiger partial charge in [0.2, 0.25) is 6.79 Å². The molecule has 3 aromatic carbocycles. The molecule has 4 heteroatoms. The highest BCUT2D eigenvalue weighted by Crippen LogP contribution is 2.51. The first-order valence-electron chi connectivity index (χ1n) is 9.90. The second-order valence-corrected chi connectivity index (χ2v) is 7.81. The number of benzene rings is 3. The lowest BCUT2D eigenvalue weighted by Gasteiger charge is -2.15. The summed E-state index contributed by atoms with van der Waals surface area (Å²) in [6.07, 6.45) is 2.18. The lowest BCUT2D eigenvalue weighted by Crippen LogP contribution is -2.22. The summed E-state index contributed by atoms with van der Waals surface area (Å²) in [6, 6.07) is 21.9. The molecule has 4 nitrogen and oxygen atoms in total. The third kappa shape index (κ3) is 3.30. The topological polar surface area (TPSA) is 55.8 Å². The van der Waals surface area contributed by atoms with Gasteiger partial charge in [0.15, 0.2) is 11.5 Å². The molecular weight excluding hydrogens is 364 g/mol. The van der Waals surface area contributed by atoms with Crippen molar-refractivity contribution < 1.29 is 20.8 Å². The molecule has 1 aliphatic heterocycles. The summed E-state index contributed by atoms with van der Waals surface area (Å²) in [5.41, 5.74) is 4.70. The molecule has 5 rings (SSSR count). The third-order valence-corrected chi connectivity index (χ3v) is 5.97. The van der Waals surface area contributed by atoms with E-state index in [0.29, 0.717) is 6.42 Å². The van der Waals surface area contributed by atoms with E-state index < -0.39 is 0 Å². The van der Waals surface area contributed by atoms with Gasteiger partial charge in [-0.05, 0) is 52.8 Å². The molecule has 3 aromatic rings. The van der Waals surface area contributed by atoms with Crippen molar-refractivity contribution in [3.05, 3.63) is 83.4 Å². The smallest absolute Gasteiger partial charge is 0.231 e. The van der Waals surface area contributed by atoms with Crippen molar-refractivity contribution in [2.24, 2.45) is 0 Å². The molecule has 1 N–H and O–H groups in total. The molecule has 29 heavy (non-hydrogen) atoms. The van der Waals surface area contributed by atoms with Crippen LogP contribution in [0, 0.1) is 0 Å². The Morgan fingerprint density at radius 1 is 0.897 bits per heavy atom. The van der Waals surface area contributed by atoms with Crippen LogP contribution in [-0.2, 0) is 23.2 Å². The molecule has 0 spiro atoms. The fourth-order valence-electron chi connectivity index (χ4n) is 4.07. The van der Waals surface area contributed by atoms with Gasteiger partial charge in [-0.3, -0.25) is 4.79 Å². The molecule has 1 saturated carbocycles. The largest absolute Gasteiger partial charge is 0.454 e. The predicted octanol–water partition coefficient (Wildman–Crippen LogP) is 4.66. The van der Waals surface area contributed by atoms with Crippen molar-refractivity contribution in [1.82, 2.24) is 0 Å². The molecule has 1 fully saturated rings. The number of carbonyl (C=O) groups excluding carboxylic acids is 1. The summed E-state index contributed by atoms with van der Waals surface area (Å²) in [4.78, 5) is 13.2. The van der Waals surface area contributed by atoms with Gasteiger partial charge in [0.05, 0.1) is 12.0 Å². The molecule has 0 radical (unpaired) electrons. The Labute approximate surface area is 171 Å². The molecule has 0 aromatic heterocycles. The number of rotatable bonds is 6. The van der Waals surface area contributed by atoms with Gasteiger partial charge in [0.25, 0.3) is 0 Å². The first kappa shape index (κ1) is 18.0. The fourth-order valence-corrected chi connectivity index (χ4v) is 4.07. The highest BCUT2D eigenvalue weighted by molar-refractivity contribution is 5.95. The van der Waals surface area contributed by atoms with Crippen LogP contribution in [0.2, 0.25) is 0 Å². The fraction of sp³-hybridized carbons (Fsp3) is 0.240. The van der Waals surface area contributed by atoms with E-state index in [4.69, 9.17) is 9.47 Å². The van der Waals surface area contributed by atoms with Crippen molar-refractivity contribution in [2.45, 2.75) is 31.3 Å². The molecule has 0 saturated heterocycles. The normalized spacial score (nSPS) is 15.9. The van der Waals surface area contributed by atoms with Crippen LogP contribution in [0.15, 0.2) is 66.7 Å². The minimum absolute atomic E-state index is 0. The summed E-state index contributed by atoms with van der Waals surface area (Å²) >= 11 is 0. The third-order valence-electron chi connectivity index (χ3n) is 5.97. The van der Waals surface area contributed by atoms with Crippen molar-refractivity contribution in [3.63, 3.8) is 0 Å². The minimum Gasteiger partial charge on any atom is -0.454 e. The predicted molar refractivity (Wildman–Crippen MR) is 112 cm³/mol. The average molecular weight is 388 g/mol. The number of aliphatic hydroxyl groups excluding tert-OH is 1. The van der Waals surface area contributed by atoms with Crippen LogP contribution < -0.4 is 9.47 Å². The number of Topliss-reactive ketones (excluding diaryl/α,β-unsaturated/α-hetero) is 1. The number of ether oxygens (including phenoxy) is 2. The zero-order valence-corrected chi connectivity index (χ0v) is 16.1. The summed E-state index contributed by atoms with van der Waals surface area (Å²) in [7, 11) is 0. The van der Waals surface area contributed by atoms with Crippen molar-refractivity contribution in [1.29, 1.82) is 0 Å². The average Bonchev–Trinajstić information content (AvgIpc) is 3.45. The second-order valence-electron chi connectivity index (χ2n) is 7.81. The summed E-state index contributed by atoms with van der Waals surface area (Å²) in [6.45, 7) is 0.280. The summed E-state index contributed by atoms with van der Waals surface area (Å²) in [5.74, 6) is 1.73. The van der Waals surface area contributed by atoms with Crippen LogP contribution in [0.1, 0.15) is 31.0 Å². The lowest BCUT2D eigenvalue weighted by atomic mass is 9.87.